The van der Waals surface area contributed by atoms with Crippen molar-refractivity contribution in [2.75, 3.05) is 12.0 Å². The molecule has 2 aromatic heterocycles. The molecule has 1 aliphatic heterocycles. The number of nitrogens with two attached hydrogens (primary N) is 1. The molecule has 4 rings (SSSR count). The van der Waals surface area contributed by atoms with Crippen molar-refractivity contribution in [2.45, 2.75) is 25.1 Å². The Labute approximate surface area is 177 Å². The van der Waals surface area contributed by atoms with Crippen LogP contribution in [0.4, 0.5) is 27.6 Å². The molecule has 1 amide bonds. The summed E-state index contributed by atoms with van der Waals surface area (Å²) in [6.45, 7) is -3.98. The Kier molecular flexibility index (Phi) is 5.40. The van der Waals surface area contributed by atoms with Crippen LogP contribution in [0.5, 0.6) is 0 Å². The Bertz CT molecular complexity index is 1190. The van der Waals surface area contributed by atoms with E-state index in [1.165, 1.54) is 18.3 Å². The molecule has 1 unspecified atom stereocenters. The van der Waals surface area contributed by atoms with E-state index in [0.29, 0.717) is 5.82 Å². The Hall–Kier alpha value is -3.77. The molecule has 1 aromatic carbocycles. The number of amidine groups is 1. The highest BCUT2D eigenvalue weighted by atomic mass is 19.3. The van der Waals surface area contributed by atoms with Gasteiger partial charge in [0.15, 0.2) is 17.4 Å². The van der Waals surface area contributed by atoms with Crippen molar-refractivity contribution in [3.05, 3.63) is 65.5 Å². The lowest BCUT2D eigenvalue weighted by atomic mass is 9.89. The van der Waals surface area contributed by atoms with E-state index < -0.39 is 42.4 Å². The highest BCUT2D eigenvalue weighted by Gasteiger charge is 2.38. The molecule has 0 bridgehead atoms. The van der Waals surface area contributed by atoms with Crippen LogP contribution in [-0.4, -0.2) is 37.7 Å². The maximum Gasteiger partial charge on any atom is 0.333 e. The molecule has 1 aliphatic rings. The van der Waals surface area contributed by atoms with Crippen LogP contribution in [0.1, 0.15) is 40.4 Å². The number of benzene rings is 1. The van der Waals surface area contributed by atoms with Crippen LogP contribution >= 0.6 is 0 Å². The fourth-order valence-electron chi connectivity index (χ4n) is 3.47. The maximum atomic E-state index is 14.3. The zero-order chi connectivity index (χ0) is 23.0. The van der Waals surface area contributed by atoms with Gasteiger partial charge in [0.2, 0.25) is 0 Å². The Morgan fingerprint density at radius 1 is 1.22 bits per heavy atom. The van der Waals surface area contributed by atoms with Gasteiger partial charge in [-0.05, 0) is 17.7 Å². The molecular weight excluding hydrogens is 437 g/mol. The van der Waals surface area contributed by atoms with E-state index in [4.69, 9.17) is 5.73 Å². The number of rotatable bonds is 6. The first kappa shape index (κ1) is 21.5. The second kappa shape index (κ2) is 8.05. The van der Waals surface area contributed by atoms with Crippen molar-refractivity contribution in [3.8, 4) is 0 Å². The first-order valence-corrected chi connectivity index (χ1v) is 9.24. The summed E-state index contributed by atoms with van der Waals surface area (Å²) in [5, 5.41) is 5.66. The number of aromatic nitrogens is 4. The molecule has 1 atom stereocenters. The Balaban J connectivity index is 1.72. The predicted octanol–water partition coefficient (Wildman–Crippen LogP) is 3.25. The van der Waals surface area contributed by atoms with E-state index in [2.05, 4.69) is 20.4 Å². The summed E-state index contributed by atoms with van der Waals surface area (Å²) in [5.74, 6) is -0.664. The highest BCUT2D eigenvalue weighted by molar-refractivity contribution is 6.03. The summed E-state index contributed by atoms with van der Waals surface area (Å²) >= 11 is 0. The maximum absolute atomic E-state index is 14.3. The molecule has 0 fully saturated rings. The Morgan fingerprint density at radius 2 is 2.00 bits per heavy atom. The summed E-state index contributed by atoms with van der Waals surface area (Å²) in [6.07, 6.45) is 0.955. The number of aliphatic imine (C=N–C) groups is 1. The quantitative estimate of drug-likeness (QED) is 0.560. The summed E-state index contributed by atoms with van der Waals surface area (Å²) in [6, 6.07) is 4.51. The first-order chi connectivity index (χ1) is 15.2. The lowest BCUT2D eigenvalue weighted by Gasteiger charge is -2.32. The number of amides is 1. The zero-order valence-electron chi connectivity index (χ0n) is 16.2. The minimum absolute atomic E-state index is 0.000258. The second-order valence-electron chi connectivity index (χ2n) is 7.06. The van der Waals surface area contributed by atoms with Crippen molar-refractivity contribution < 1.29 is 26.7 Å². The number of carbonyl (C=O) groups excluding carboxylic acids is 1. The van der Waals surface area contributed by atoms with Crippen LogP contribution in [0.25, 0.3) is 0 Å². The van der Waals surface area contributed by atoms with E-state index in [0.717, 1.165) is 18.3 Å². The molecule has 13 heteroatoms. The number of carbonyl (C=O) groups is 1. The summed E-state index contributed by atoms with van der Waals surface area (Å²) in [7, 11) is 0. The number of hydrogen-bond acceptors (Lipinski definition) is 5. The topological polar surface area (TPSA) is 103 Å². The van der Waals surface area contributed by atoms with Gasteiger partial charge in [-0.2, -0.15) is 13.9 Å². The van der Waals surface area contributed by atoms with Gasteiger partial charge in [0, 0.05) is 24.2 Å². The predicted molar refractivity (Wildman–Crippen MR) is 103 cm³/mol. The third-order valence-corrected chi connectivity index (χ3v) is 5.05. The lowest BCUT2D eigenvalue weighted by Crippen LogP contribution is -2.40. The van der Waals surface area contributed by atoms with E-state index in [1.54, 1.807) is 10.8 Å². The molecule has 32 heavy (non-hydrogen) atoms. The van der Waals surface area contributed by atoms with Crippen LogP contribution in [0, 0.1) is 0 Å². The molecule has 168 valence electrons. The molecule has 0 saturated heterocycles. The summed E-state index contributed by atoms with van der Waals surface area (Å²) in [5.41, 5.74) is 3.29. The number of nitrogens with one attached hydrogen (secondary N) is 1. The van der Waals surface area contributed by atoms with Gasteiger partial charge >= 0.3 is 6.55 Å². The third-order valence-electron chi connectivity index (χ3n) is 5.05. The number of fused-ring (bicyclic) bond motifs is 1. The highest BCUT2D eigenvalue weighted by Crippen LogP contribution is 2.37. The molecule has 8 nitrogen and oxygen atoms in total. The lowest BCUT2D eigenvalue weighted by molar-refractivity contribution is 0.0561. The Morgan fingerprint density at radius 3 is 2.66 bits per heavy atom. The van der Waals surface area contributed by atoms with Crippen molar-refractivity contribution in [2.24, 2.45) is 10.7 Å². The number of alkyl halides is 5. The van der Waals surface area contributed by atoms with Gasteiger partial charge in [0.05, 0.1) is 12.2 Å². The van der Waals surface area contributed by atoms with Gasteiger partial charge in [-0.25, -0.2) is 27.8 Å². The van der Waals surface area contributed by atoms with Crippen molar-refractivity contribution in [1.29, 1.82) is 0 Å². The van der Waals surface area contributed by atoms with Crippen molar-refractivity contribution >= 4 is 17.4 Å². The van der Waals surface area contributed by atoms with Crippen LogP contribution in [0.2, 0.25) is 0 Å². The van der Waals surface area contributed by atoms with Crippen LogP contribution in [-0.2, 0) is 12.1 Å². The van der Waals surface area contributed by atoms with Crippen molar-refractivity contribution in [1.82, 2.24) is 19.3 Å². The molecule has 3 aromatic rings. The average molecular weight is 453 g/mol. The van der Waals surface area contributed by atoms with Gasteiger partial charge in [0.1, 0.15) is 12.2 Å². The number of anilines is 1. The van der Waals surface area contributed by atoms with Crippen LogP contribution in [0.15, 0.2) is 47.8 Å². The van der Waals surface area contributed by atoms with Gasteiger partial charge in [-0.15, -0.1) is 0 Å². The SMILES string of the molecule is NC1=NC(CF)(c2ccc(C(F)F)c(NC(=O)c3ccn(C(F)F)n3)c2)Cn2ccnc21. The standard InChI is InChI=1S/C19H16F5N7O/c20-8-19(9-30-6-4-26-16(30)15(25)28-19)10-1-2-11(14(21)22)13(7-10)27-17(32)12-3-5-31(29-12)18(23)24/h1-7,14,18H,8-9H2,(H2,25,28)(H,27,32). The number of nitrogens with zero attached hydrogens (tertiary/aromatic N) is 5. The molecule has 0 saturated carbocycles. The number of imidazole rings is 1. The largest absolute Gasteiger partial charge is 0.381 e. The normalized spacial score (nSPS) is 18.0. The molecule has 3 N–H and O–H groups in total. The van der Waals surface area contributed by atoms with Crippen LogP contribution in [0.3, 0.4) is 0 Å². The van der Waals surface area contributed by atoms with Gasteiger partial charge in [0.25, 0.3) is 12.3 Å². The third kappa shape index (κ3) is 3.69. The van der Waals surface area contributed by atoms with Gasteiger partial charge in [-0.3, -0.25) is 4.79 Å². The fraction of sp³-hybridized carbons (Fsp3) is 0.263. The average Bonchev–Trinajstić information content (AvgIpc) is 3.43. The van der Waals surface area contributed by atoms with Gasteiger partial charge in [-0.1, -0.05) is 12.1 Å². The zero-order valence-corrected chi connectivity index (χ0v) is 16.2. The van der Waals surface area contributed by atoms with E-state index >= 15 is 0 Å². The molecular formula is C19H16F5N7O. The summed E-state index contributed by atoms with van der Waals surface area (Å²) < 4.78 is 68.6. The molecule has 0 aliphatic carbocycles. The minimum Gasteiger partial charge on any atom is -0.381 e. The van der Waals surface area contributed by atoms with Crippen molar-refractivity contribution in [3.63, 3.8) is 0 Å². The number of hydrogen-bond donors (Lipinski definition) is 2. The minimum atomic E-state index is -2.97. The molecule has 0 radical (unpaired) electrons. The van der Waals surface area contributed by atoms with E-state index in [1.807, 2.05) is 0 Å². The number of halogens is 5. The van der Waals surface area contributed by atoms with Crippen LogP contribution < -0.4 is 11.1 Å². The van der Waals surface area contributed by atoms with E-state index in [9.17, 15) is 26.7 Å². The first-order valence-electron chi connectivity index (χ1n) is 9.24. The van der Waals surface area contributed by atoms with Gasteiger partial charge < -0.3 is 15.6 Å². The molecule has 3 heterocycles. The summed E-state index contributed by atoms with van der Waals surface area (Å²) in [4.78, 5) is 20.7. The second-order valence-corrected chi connectivity index (χ2v) is 7.06. The van der Waals surface area contributed by atoms with E-state index in [-0.39, 0.29) is 28.3 Å². The monoisotopic (exact) mass is 453 g/mol. The fourth-order valence-corrected chi connectivity index (χ4v) is 3.47. The smallest absolute Gasteiger partial charge is 0.333 e. The molecule has 0 spiro atoms.